The van der Waals surface area contributed by atoms with Crippen LogP contribution in [0.1, 0.15) is 38.7 Å². The first kappa shape index (κ1) is 14.2. The molecule has 0 aromatic heterocycles. The minimum Gasteiger partial charge on any atom is -0.327 e. The Labute approximate surface area is 120 Å². The van der Waals surface area contributed by atoms with Crippen molar-refractivity contribution in [3.63, 3.8) is 0 Å². The molecule has 2 atom stereocenters. The molecule has 0 radical (unpaired) electrons. The monoisotopic (exact) mass is 285 g/mol. The Morgan fingerprint density at radius 3 is 2.72 bits per heavy atom. The molecule has 18 heavy (non-hydrogen) atoms. The van der Waals surface area contributed by atoms with Crippen LogP contribution >= 0.6 is 23.2 Å². The van der Waals surface area contributed by atoms with Gasteiger partial charge in [0.1, 0.15) is 0 Å². The molecule has 3 heteroatoms. The van der Waals surface area contributed by atoms with Crippen LogP contribution in [0.4, 0.5) is 0 Å². The van der Waals surface area contributed by atoms with E-state index in [2.05, 4.69) is 13.8 Å². The molecule has 1 aliphatic carbocycles. The molecule has 1 nitrogen and oxygen atoms in total. The Morgan fingerprint density at radius 1 is 1.39 bits per heavy atom. The zero-order valence-corrected chi connectivity index (χ0v) is 12.6. The maximum Gasteiger partial charge on any atom is 0.0439 e. The van der Waals surface area contributed by atoms with Crippen molar-refractivity contribution >= 4 is 23.2 Å². The lowest BCUT2D eigenvalue weighted by Crippen LogP contribution is -2.38. The molecule has 1 aromatic rings. The lowest BCUT2D eigenvalue weighted by Gasteiger charge is -2.32. The van der Waals surface area contributed by atoms with Gasteiger partial charge in [-0.1, -0.05) is 43.5 Å². The van der Waals surface area contributed by atoms with Crippen molar-refractivity contribution in [1.29, 1.82) is 0 Å². The molecule has 0 saturated heterocycles. The zero-order valence-electron chi connectivity index (χ0n) is 11.0. The van der Waals surface area contributed by atoms with Crippen molar-refractivity contribution in [2.75, 3.05) is 0 Å². The van der Waals surface area contributed by atoms with Gasteiger partial charge in [0.05, 0.1) is 0 Å². The molecule has 2 unspecified atom stereocenters. The predicted octanol–water partition coefficient (Wildman–Crippen LogP) is 4.69. The van der Waals surface area contributed by atoms with E-state index < -0.39 is 0 Å². The van der Waals surface area contributed by atoms with E-state index in [0.29, 0.717) is 11.3 Å². The largest absolute Gasteiger partial charge is 0.327 e. The van der Waals surface area contributed by atoms with Gasteiger partial charge in [0.2, 0.25) is 0 Å². The molecule has 0 spiro atoms. The molecule has 0 aliphatic heterocycles. The molecule has 2 rings (SSSR count). The van der Waals surface area contributed by atoms with Crippen molar-refractivity contribution in [3.8, 4) is 0 Å². The van der Waals surface area contributed by atoms with E-state index in [0.717, 1.165) is 22.0 Å². The third kappa shape index (κ3) is 3.01. The van der Waals surface area contributed by atoms with Gasteiger partial charge >= 0.3 is 0 Å². The summed E-state index contributed by atoms with van der Waals surface area (Å²) in [5, 5.41) is 1.50. The zero-order chi connectivity index (χ0) is 13.3. The van der Waals surface area contributed by atoms with Crippen molar-refractivity contribution in [2.24, 2.45) is 17.1 Å². The highest BCUT2D eigenvalue weighted by atomic mass is 35.5. The topological polar surface area (TPSA) is 26.0 Å². The average Bonchev–Trinajstić information content (AvgIpc) is 2.63. The Bertz CT molecular complexity index is 429. The second-order valence-corrected chi connectivity index (χ2v) is 6.93. The molecular weight excluding hydrogens is 265 g/mol. The Hall–Kier alpha value is -0.240. The fourth-order valence-electron chi connectivity index (χ4n) is 3.24. The van der Waals surface area contributed by atoms with Crippen LogP contribution in [0, 0.1) is 11.3 Å². The lowest BCUT2D eigenvalue weighted by molar-refractivity contribution is 0.220. The van der Waals surface area contributed by atoms with Crippen LogP contribution in [-0.4, -0.2) is 6.04 Å². The summed E-state index contributed by atoms with van der Waals surface area (Å²) in [6.07, 6.45) is 4.60. The molecule has 1 saturated carbocycles. The number of hydrogen-bond donors (Lipinski definition) is 1. The lowest BCUT2D eigenvalue weighted by atomic mass is 9.76. The van der Waals surface area contributed by atoms with Crippen LogP contribution < -0.4 is 5.73 Å². The quantitative estimate of drug-likeness (QED) is 0.857. The van der Waals surface area contributed by atoms with Crippen molar-refractivity contribution < 1.29 is 0 Å². The van der Waals surface area contributed by atoms with Gasteiger partial charge in [0.25, 0.3) is 0 Å². The average molecular weight is 286 g/mol. The number of nitrogens with two attached hydrogens (primary N) is 1. The van der Waals surface area contributed by atoms with Gasteiger partial charge in [-0.2, -0.15) is 0 Å². The molecular formula is C15H21Cl2N. The van der Waals surface area contributed by atoms with E-state index in [1.165, 1.54) is 19.3 Å². The molecule has 0 bridgehead atoms. The van der Waals surface area contributed by atoms with E-state index in [1.807, 2.05) is 18.2 Å². The fraction of sp³-hybridized carbons (Fsp3) is 0.600. The van der Waals surface area contributed by atoms with Gasteiger partial charge in [-0.15, -0.1) is 0 Å². The van der Waals surface area contributed by atoms with Crippen LogP contribution in [0.25, 0.3) is 0 Å². The van der Waals surface area contributed by atoms with Crippen LogP contribution in [-0.2, 0) is 6.42 Å². The van der Waals surface area contributed by atoms with Gasteiger partial charge in [-0.25, -0.2) is 0 Å². The predicted molar refractivity (Wildman–Crippen MR) is 79.3 cm³/mol. The summed E-state index contributed by atoms with van der Waals surface area (Å²) in [5.41, 5.74) is 7.82. The third-order valence-electron chi connectivity index (χ3n) is 4.32. The molecule has 100 valence electrons. The first-order valence-corrected chi connectivity index (χ1v) is 7.35. The summed E-state index contributed by atoms with van der Waals surface area (Å²) in [5.74, 6) is 0.576. The number of hydrogen-bond acceptors (Lipinski definition) is 1. The van der Waals surface area contributed by atoms with E-state index >= 15 is 0 Å². The highest BCUT2D eigenvalue weighted by Gasteiger charge is 2.38. The van der Waals surface area contributed by atoms with Gasteiger partial charge in [0.15, 0.2) is 0 Å². The van der Waals surface area contributed by atoms with Crippen molar-refractivity contribution in [3.05, 3.63) is 33.8 Å². The first-order valence-electron chi connectivity index (χ1n) is 6.59. The fourth-order valence-corrected chi connectivity index (χ4v) is 3.63. The van der Waals surface area contributed by atoms with Gasteiger partial charge in [-0.3, -0.25) is 0 Å². The number of benzene rings is 1. The van der Waals surface area contributed by atoms with Crippen LogP contribution in [0.5, 0.6) is 0 Å². The van der Waals surface area contributed by atoms with Crippen LogP contribution in [0.2, 0.25) is 10.0 Å². The van der Waals surface area contributed by atoms with Gasteiger partial charge in [-0.05, 0) is 54.4 Å². The Kier molecular flexibility index (Phi) is 4.25. The smallest absolute Gasteiger partial charge is 0.0439 e. The second-order valence-electron chi connectivity index (χ2n) is 6.09. The van der Waals surface area contributed by atoms with Gasteiger partial charge < -0.3 is 5.73 Å². The third-order valence-corrected chi connectivity index (χ3v) is 4.92. The molecule has 0 amide bonds. The Balaban J connectivity index is 2.11. The summed E-state index contributed by atoms with van der Waals surface area (Å²) < 4.78 is 0. The van der Waals surface area contributed by atoms with Gasteiger partial charge in [0, 0.05) is 16.1 Å². The molecule has 2 N–H and O–H groups in total. The summed E-state index contributed by atoms with van der Waals surface area (Å²) in [6, 6.07) is 5.77. The van der Waals surface area contributed by atoms with E-state index in [9.17, 15) is 0 Å². The Morgan fingerprint density at radius 2 is 2.11 bits per heavy atom. The maximum absolute atomic E-state index is 6.40. The SMILES string of the molecule is CC1(C)CCCC1C(N)Cc1cc(Cl)ccc1Cl. The van der Waals surface area contributed by atoms with E-state index in [-0.39, 0.29) is 6.04 Å². The van der Waals surface area contributed by atoms with E-state index in [1.54, 1.807) is 0 Å². The highest BCUT2D eigenvalue weighted by molar-refractivity contribution is 6.33. The number of halogens is 2. The summed E-state index contributed by atoms with van der Waals surface area (Å²) >= 11 is 12.2. The summed E-state index contributed by atoms with van der Waals surface area (Å²) in [7, 11) is 0. The summed E-state index contributed by atoms with van der Waals surface area (Å²) in [4.78, 5) is 0. The molecule has 1 aromatic carbocycles. The van der Waals surface area contributed by atoms with E-state index in [4.69, 9.17) is 28.9 Å². The normalized spacial score (nSPS) is 24.2. The van der Waals surface area contributed by atoms with Crippen molar-refractivity contribution in [1.82, 2.24) is 0 Å². The maximum atomic E-state index is 6.40. The standard InChI is InChI=1S/C15H21Cl2N/c1-15(2)7-3-4-12(15)14(18)9-10-8-11(16)5-6-13(10)17/h5-6,8,12,14H,3-4,7,9,18H2,1-2H3. The van der Waals surface area contributed by atoms with Crippen LogP contribution in [0.3, 0.4) is 0 Å². The molecule has 1 fully saturated rings. The molecule has 1 aliphatic rings. The first-order chi connectivity index (χ1) is 8.40. The van der Waals surface area contributed by atoms with Crippen LogP contribution in [0.15, 0.2) is 18.2 Å². The molecule has 0 heterocycles. The second kappa shape index (κ2) is 5.40. The minimum absolute atomic E-state index is 0.165. The minimum atomic E-state index is 0.165. The summed E-state index contributed by atoms with van der Waals surface area (Å²) in [6.45, 7) is 4.65. The van der Waals surface area contributed by atoms with Crippen molar-refractivity contribution in [2.45, 2.75) is 45.6 Å². The number of rotatable bonds is 3. The highest BCUT2D eigenvalue weighted by Crippen LogP contribution is 2.44.